The van der Waals surface area contributed by atoms with Crippen molar-refractivity contribution in [1.29, 1.82) is 0 Å². The average Bonchev–Trinajstić information content (AvgIpc) is 2.90. The molecule has 0 bridgehead atoms. The second-order valence-corrected chi connectivity index (χ2v) is 10.4. The minimum absolute atomic E-state index is 0. The zero-order valence-corrected chi connectivity index (χ0v) is 24.9. The largest absolute Gasteiger partial charge is 0.416 e. The number of halogens is 8. The maximum Gasteiger partial charge on any atom is 0.416 e. The summed E-state index contributed by atoms with van der Waals surface area (Å²) in [6.07, 6.45) is -5.72. The van der Waals surface area contributed by atoms with Gasteiger partial charge in [-0.05, 0) is 55.2 Å². The molecule has 0 aromatic heterocycles. The molecule has 0 saturated carbocycles. The van der Waals surface area contributed by atoms with E-state index in [1.807, 2.05) is 44.2 Å². The Hall–Kier alpha value is -2.31. The summed E-state index contributed by atoms with van der Waals surface area (Å²) in [5.41, 5.74) is -0.540. The number of rotatable bonds is 6. The average molecular weight is 643 g/mol. The molecule has 2 aliphatic rings. The zero-order chi connectivity index (χ0) is 29.1. The van der Waals surface area contributed by atoms with Gasteiger partial charge in [-0.1, -0.05) is 30.4 Å². The number of carbonyl (C=O) groups is 1. The van der Waals surface area contributed by atoms with Crippen LogP contribution in [0.5, 0.6) is 0 Å². The Morgan fingerprint density at radius 3 is 2.21 bits per heavy atom. The van der Waals surface area contributed by atoms with E-state index in [0.717, 1.165) is 23.2 Å². The summed E-state index contributed by atoms with van der Waals surface area (Å²) >= 11 is 0. The van der Waals surface area contributed by atoms with Crippen LogP contribution in [0.3, 0.4) is 0 Å². The molecule has 5 nitrogen and oxygen atoms in total. The highest BCUT2D eigenvalue weighted by Gasteiger charge is 2.39. The molecule has 4 rings (SSSR count). The number of benzene rings is 2. The number of ether oxygens (including phenoxy) is 1. The number of nitrogens with zero attached hydrogens (tertiary/aromatic N) is 2. The predicted octanol–water partition coefficient (Wildman–Crippen LogP) is 6.10. The fourth-order valence-corrected chi connectivity index (χ4v) is 5.05. The van der Waals surface area contributed by atoms with Crippen LogP contribution in [0.2, 0.25) is 0 Å². The number of alkyl halides is 6. The molecule has 2 aromatic carbocycles. The molecule has 0 spiro atoms. The molecule has 234 valence electrons. The molecule has 1 N–H and O–H groups in total. The van der Waals surface area contributed by atoms with Crippen LogP contribution in [0.4, 0.5) is 26.3 Å². The second kappa shape index (κ2) is 14.9. The first-order chi connectivity index (χ1) is 18.8. The Balaban J connectivity index is 0.00000308. The fourth-order valence-electron chi connectivity index (χ4n) is 5.05. The third-order valence-corrected chi connectivity index (χ3v) is 7.38. The Morgan fingerprint density at radius 1 is 0.976 bits per heavy atom. The van der Waals surface area contributed by atoms with Crippen molar-refractivity contribution in [2.45, 2.75) is 44.8 Å². The molecule has 2 saturated heterocycles. The lowest BCUT2D eigenvalue weighted by molar-refractivity contribution is -0.143. The zero-order valence-electron chi connectivity index (χ0n) is 23.2. The minimum atomic E-state index is -5.03. The summed E-state index contributed by atoms with van der Waals surface area (Å²) in [4.78, 5) is 17.1. The molecule has 2 heterocycles. The standard InChI is InChI=1S/C29H33F6N3O2.2ClH/c1-19-5-6-21(12-20(19)2)13-25-18-37(8-3-4-26-17-36-7-11-40-26)9-10-38(25)27(39)22-14-23(28(30,31)32)16-24(15-22)29(33,34)35;;/h3-6,12,14-16,25-26,36H,7-11,13,17-18H2,1-2H3;2*1H/b4-3+;;/t25-,26-;;/m1../s1. The van der Waals surface area contributed by atoms with Gasteiger partial charge >= 0.3 is 12.4 Å². The maximum absolute atomic E-state index is 13.5. The van der Waals surface area contributed by atoms with Crippen LogP contribution in [0.25, 0.3) is 0 Å². The van der Waals surface area contributed by atoms with Crippen LogP contribution < -0.4 is 5.32 Å². The Labute approximate surface area is 254 Å². The Bertz CT molecular complexity index is 1200. The van der Waals surface area contributed by atoms with Gasteiger partial charge in [0.05, 0.1) is 23.8 Å². The predicted molar refractivity (Wildman–Crippen MR) is 154 cm³/mol. The molecule has 0 radical (unpaired) electrons. The highest BCUT2D eigenvalue weighted by Crippen LogP contribution is 2.37. The van der Waals surface area contributed by atoms with Crippen molar-refractivity contribution in [3.8, 4) is 0 Å². The molecule has 2 aliphatic heterocycles. The second-order valence-electron chi connectivity index (χ2n) is 10.4. The van der Waals surface area contributed by atoms with E-state index in [1.165, 1.54) is 4.90 Å². The molecule has 2 atom stereocenters. The molecular weight excluding hydrogens is 607 g/mol. The Morgan fingerprint density at radius 2 is 1.64 bits per heavy atom. The van der Waals surface area contributed by atoms with Crippen LogP contribution in [-0.2, 0) is 23.5 Å². The van der Waals surface area contributed by atoms with Crippen LogP contribution in [-0.4, -0.2) is 73.7 Å². The molecule has 42 heavy (non-hydrogen) atoms. The normalized spacial score (nSPS) is 20.2. The van der Waals surface area contributed by atoms with Gasteiger partial charge in [-0.15, -0.1) is 24.8 Å². The number of hydrogen-bond donors (Lipinski definition) is 1. The first kappa shape index (κ1) is 35.9. The van der Waals surface area contributed by atoms with Crippen molar-refractivity contribution < 1.29 is 35.9 Å². The number of hydrogen-bond acceptors (Lipinski definition) is 4. The van der Waals surface area contributed by atoms with Gasteiger partial charge in [0.2, 0.25) is 0 Å². The summed E-state index contributed by atoms with van der Waals surface area (Å²) in [5, 5.41) is 3.25. The quantitative estimate of drug-likeness (QED) is 0.306. The van der Waals surface area contributed by atoms with E-state index in [0.29, 0.717) is 51.3 Å². The monoisotopic (exact) mass is 641 g/mol. The third-order valence-electron chi connectivity index (χ3n) is 7.38. The number of carbonyl (C=O) groups excluding carboxylic acids is 1. The van der Waals surface area contributed by atoms with Crippen molar-refractivity contribution in [3.63, 3.8) is 0 Å². The number of aryl methyl sites for hydroxylation is 2. The van der Waals surface area contributed by atoms with Crippen molar-refractivity contribution in [2.24, 2.45) is 0 Å². The lowest BCUT2D eigenvalue weighted by Crippen LogP contribution is -2.56. The minimum Gasteiger partial charge on any atom is -0.372 e. The van der Waals surface area contributed by atoms with Gasteiger partial charge in [-0.2, -0.15) is 26.3 Å². The maximum atomic E-state index is 13.5. The van der Waals surface area contributed by atoms with Gasteiger partial charge in [0, 0.05) is 50.9 Å². The molecule has 1 amide bonds. The summed E-state index contributed by atoms with van der Waals surface area (Å²) in [7, 11) is 0. The molecule has 2 aromatic rings. The SMILES string of the molecule is Cc1ccc(C[C@@H]2CN(C/C=C/[C@@H]3CNCCO3)CCN2C(=O)c2cc(C(F)(F)F)cc(C(F)(F)F)c2)cc1C.Cl.Cl. The number of piperazine rings is 1. The number of morpholine rings is 1. The van der Waals surface area contributed by atoms with Gasteiger partial charge in [0.15, 0.2) is 0 Å². The Kier molecular flexibility index (Phi) is 12.7. The lowest BCUT2D eigenvalue weighted by Gasteiger charge is -2.41. The lowest BCUT2D eigenvalue weighted by atomic mass is 9.97. The number of nitrogens with one attached hydrogen (secondary N) is 1. The van der Waals surface area contributed by atoms with E-state index >= 15 is 0 Å². The van der Waals surface area contributed by atoms with E-state index in [2.05, 4.69) is 10.2 Å². The first-order valence-corrected chi connectivity index (χ1v) is 13.2. The molecule has 0 unspecified atom stereocenters. The van der Waals surface area contributed by atoms with Crippen molar-refractivity contribution in [2.75, 3.05) is 45.9 Å². The smallest absolute Gasteiger partial charge is 0.372 e. The summed E-state index contributed by atoms with van der Waals surface area (Å²) < 4.78 is 86.4. The van der Waals surface area contributed by atoms with Crippen LogP contribution in [0.15, 0.2) is 48.6 Å². The van der Waals surface area contributed by atoms with Gasteiger partial charge in [0.1, 0.15) is 0 Å². The number of amides is 1. The van der Waals surface area contributed by atoms with Crippen LogP contribution in [0, 0.1) is 13.8 Å². The molecule has 0 aliphatic carbocycles. The van der Waals surface area contributed by atoms with Crippen molar-refractivity contribution in [3.05, 3.63) is 81.9 Å². The van der Waals surface area contributed by atoms with Gasteiger partial charge in [-0.3, -0.25) is 9.69 Å². The van der Waals surface area contributed by atoms with Crippen molar-refractivity contribution >= 4 is 30.7 Å². The van der Waals surface area contributed by atoms with Gasteiger partial charge < -0.3 is 15.0 Å². The summed E-state index contributed by atoms with van der Waals surface area (Å²) in [5.74, 6) is -0.845. The van der Waals surface area contributed by atoms with Crippen molar-refractivity contribution in [1.82, 2.24) is 15.1 Å². The first-order valence-electron chi connectivity index (χ1n) is 13.2. The van der Waals surface area contributed by atoms with Gasteiger partial charge in [0.25, 0.3) is 5.91 Å². The van der Waals surface area contributed by atoms with Gasteiger partial charge in [-0.25, -0.2) is 0 Å². The highest BCUT2D eigenvalue weighted by atomic mass is 35.5. The van der Waals surface area contributed by atoms with Crippen LogP contribution >= 0.6 is 24.8 Å². The highest BCUT2D eigenvalue weighted by molar-refractivity contribution is 5.95. The van der Waals surface area contributed by atoms with Crippen LogP contribution in [0.1, 0.15) is 38.2 Å². The topological polar surface area (TPSA) is 44.8 Å². The van der Waals surface area contributed by atoms with E-state index in [4.69, 9.17) is 4.74 Å². The molecule has 2 fully saturated rings. The summed E-state index contributed by atoms with van der Waals surface area (Å²) in [6, 6.07) is 6.50. The summed E-state index contributed by atoms with van der Waals surface area (Å²) in [6.45, 7) is 7.66. The molecular formula is C29H35Cl2F6N3O2. The van der Waals surface area contributed by atoms with E-state index in [-0.39, 0.29) is 43.5 Å². The van der Waals surface area contributed by atoms with E-state index in [9.17, 15) is 31.1 Å². The molecule has 13 heteroatoms. The third kappa shape index (κ3) is 9.34. The fraction of sp³-hybridized carbons (Fsp3) is 0.483. The van der Waals surface area contributed by atoms with E-state index in [1.54, 1.807) is 0 Å². The van der Waals surface area contributed by atoms with E-state index < -0.39 is 41.0 Å².